The standard InChI is InChI=1S/C16H16O2S/c1-18-16(17)14(12-15-8-5-11-19-15)10-9-13-6-3-2-4-7-13/h2-8,11-12H,9-10H2,1H3. The number of aryl methyl sites for hydroxylation is 1. The van der Waals surface area contributed by atoms with Crippen LogP contribution >= 0.6 is 11.3 Å². The van der Waals surface area contributed by atoms with Crippen LogP contribution in [0.4, 0.5) is 0 Å². The molecule has 0 amide bonds. The first-order chi connectivity index (χ1) is 9.29. The molecule has 0 aliphatic rings. The van der Waals surface area contributed by atoms with E-state index < -0.39 is 0 Å². The lowest BCUT2D eigenvalue weighted by Crippen LogP contribution is -2.05. The number of thiophene rings is 1. The Labute approximate surface area is 117 Å². The molecule has 0 spiro atoms. The van der Waals surface area contributed by atoms with Gasteiger partial charge in [0.05, 0.1) is 7.11 Å². The summed E-state index contributed by atoms with van der Waals surface area (Å²) in [6, 6.07) is 14.1. The van der Waals surface area contributed by atoms with Crippen LogP contribution in [-0.4, -0.2) is 13.1 Å². The van der Waals surface area contributed by atoms with Gasteiger partial charge in [0.15, 0.2) is 0 Å². The van der Waals surface area contributed by atoms with Crippen LogP contribution in [0.15, 0.2) is 53.4 Å². The van der Waals surface area contributed by atoms with Crippen molar-refractivity contribution in [1.82, 2.24) is 0 Å². The molecule has 0 N–H and O–H groups in total. The average molecular weight is 272 g/mol. The van der Waals surface area contributed by atoms with Crippen molar-refractivity contribution in [3.8, 4) is 0 Å². The lowest BCUT2D eigenvalue weighted by Gasteiger charge is -2.05. The highest BCUT2D eigenvalue weighted by Crippen LogP contribution is 2.18. The first-order valence-corrected chi connectivity index (χ1v) is 7.04. The molecule has 2 aromatic rings. The molecule has 19 heavy (non-hydrogen) atoms. The summed E-state index contributed by atoms with van der Waals surface area (Å²) in [5, 5.41) is 2.00. The summed E-state index contributed by atoms with van der Waals surface area (Å²) in [4.78, 5) is 12.9. The Bertz CT molecular complexity index is 541. The smallest absolute Gasteiger partial charge is 0.333 e. The molecule has 1 heterocycles. The number of carbonyl (C=O) groups excluding carboxylic acids is 1. The molecule has 0 fully saturated rings. The van der Waals surface area contributed by atoms with Gasteiger partial charge in [-0.05, 0) is 35.9 Å². The van der Waals surface area contributed by atoms with Crippen molar-refractivity contribution >= 4 is 23.4 Å². The predicted octanol–water partition coefficient (Wildman–Crippen LogP) is 3.94. The highest BCUT2D eigenvalue weighted by molar-refractivity contribution is 7.10. The lowest BCUT2D eigenvalue weighted by atomic mass is 10.0. The third kappa shape index (κ3) is 4.07. The van der Waals surface area contributed by atoms with Crippen LogP contribution in [0.2, 0.25) is 0 Å². The fourth-order valence-corrected chi connectivity index (χ4v) is 2.51. The van der Waals surface area contributed by atoms with Gasteiger partial charge in [-0.2, -0.15) is 0 Å². The summed E-state index contributed by atoms with van der Waals surface area (Å²) in [5.74, 6) is -0.246. The zero-order valence-corrected chi connectivity index (χ0v) is 11.7. The molecule has 0 saturated heterocycles. The molecule has 0 atom stereocenters. The fraction of sp³-hybridized carbons (Fsp3) is 0.188. The Hall–Kier alpha value is -1.87. The summed E-state index contributed by atoms with van der Waals surface area (Å²) in [7, 11) is 1.42. The predicted molar refractivity (Wildman–Crippen MR) is 79.1 cm³/mol. The summed E-state index contributed by atoms with van der Waals surface area (Å²) in [6.45, 7) is 0. The molecule has 0 aliphatic carbocycles. The van der Waals surface area contributed by atoms with Gasteiger partial charge in [-0.15, -0.1) is 11.3 Å². The van der Waals surface area contributed by atoms with Crippen LogP contribution in [0.25, 0.3) is 6.08 Å². The van der Waals surface area contributed by atoms with Gasteiger partial charge in [0, 0.05) is 10.5 Å². The van der Waals surface area contributed by atoms with Gasteiger partial charge in [0.25, 0.3) is 0 Å². The van der Waals surface area contributed by atoms with Crippen LogP contribution < -0.4 is 0 Å². The summed E-state index contributed by atoms with van der Waals surface area (Å²) >= 11 is 1.62. The maximum Gasteiger partial charge on any atom is 0.333 e. The summed E-state index contributed by atoms with van der Waals surface area (Å²) in [5.41, 5.74) is 1.94. The highest BCUT2D eigenvalue weighted by Gasteiger charge is 2.10. The van der Waals surface area contributed by atoms with E-state index in [-0.39, 0.29) is 5.97 Å². The number of methoxy groups -OCH3 is 1. The van der Waals surface area contributed by atoms with E-state index in [1.807, 2.05) is 41.8 Å². The zero-order chi connectivity index (χ0) is 13.5. The number of rotatable bonds is 5. The Balaban J connectivity index is 2.09. The van der Waals surface area contributed by atoms with Gasteiger partial charge in [-0.3, -0.25) is 0 Å². The van der Waals surface area contributed by atoms with Gasteiger partial charge in [-0.25, -0.2) is 4.79 Å². The van der Waals surface area contributed by atoms with Crippen LogP contribution in [0, 0.1) is 0 Å². The number of ether oxygens (including phenoxy) is 1. The lowest BCUT2D eigenvalue weighted by molar-refractivity contribution is -0.136. The van der Waals surface area contributed by atoms with Gasteiger partial charge < -0.3 is 4.74 Å². The normalized spacial score (nSPS) is 11.3. The van der Waals surface area contributed by atoms with Crippen LogP contribution in [-0.2, 0) is 16.0 Å². The van der Waals surface area contributed by atoms with Crippen molar-refractivity contribution in [2.24, 2.45) is 0 Å². The molecule has 0 unspecified atom stereocenters. The SMILES string of the molecule is COC(=O)C(=Cc1cccs1)CCc1ccccc1. The van der Waals surface area contributed by atoms with Crippen LogP contribution in [0.3, 0.4) is 0 Å². The van der Waals surface area contributed by atoms with E-state index in [4.69, 9.17) is 4.74 Å². The number of hydrogen-bond donors (Lipinski definition) is 0. The molecule has 1 aromatic heterocycles. The maximum absolute atomic E-state index is 11.8. The van der Waals surface area contributed by atoms with E-state index >= 15 is 0 Å². The third-order valence-corrected chi connectivity index (χ3v) is 3.65. The molecular weight excluding hydrogens is 256 g/mol. The molecule has 3 heteroatoms. The van der Waals surface area contributed by atoms with Crippen molar-refractivity contribution < 1.29 is 9.53 Å². The minimum Gasteiger partial charge on any atom is -0.466 e. The molecule has 2 rings (SSSR count). The second-order valence-corrected chi connectivity index (χ2v) is 5.14. The molecule has 2 nitrogen and oxygen atoms in total. The van der Waals surface area contributed by atoms with E-state index in [0.29, 0.717) is 12.0 Å². The Morgan fingerprint density at radius 1 is 1.21 bits per heavy atom. The van der Waals surface area contributed by atoms with Crippen molar-refractivity contribution in [1.29, 1.82) is 0 Å². The monoisotopic (exact) mass is 272 g/mol. The van der Waals surface area contributed by atoms with E-state index in [0.717, 1.165) is 11.3 Å². The number of hydrogen-bond acceptors (Lipinski definition) is 3. The largest absolute Gasteiger partial charge is 0.466 e. The highest BCUT2D eigenvalue weighted by atomic mass is 32.1. The Morgan fingerprint density at radius 3 is 2.63 bits per heavy atom. The molecule has 1 aromatic carbocycles. The van der Waals surface area contributed by atoms with E-state index in [1.165, 1.54) is 12.7 Å². The minimum absolute atomic E-state index is 0.246. The average Bonchev–Trinajstić information content (AvgIpc) is 2.96. The first-order valence-electron chi connectivity index (χ1n) is 6.16. The van der Waals surface area contributed by atoms with Crippen molar-refractivity contribution in [3.05, 3.63) is 63.9 Å². The zero-order valence-electron chi connectivity index (χ0n) is 10.8. The van der Waals surface area contributed by atoms with E-state index in [9.17, 15) is 4.79 Å². The summed E-state index contributed by atoms with van der Waals surface area (Å²) in [6.07, 6.45) is 3.45. The van der Waals surface area contributed by atoms with E-state index in [1.54, 1.807) is 11.3 Å². The molecular formula is C16H16O2S. The second kappa shape index (κ2) is 6.90. The number of esters is 1. The topological polar surface area (TPSA) is 26.3 Å². The Kier molecular flexibility index (Phi) is 4.93. The first kappa shape index (κ1) is 13.6. The fourth-order valence-electron chi connectivity index (χ4n) is 1.83. The van der Waals surface area contributed by atoms with Crippen molar-refractivity contribution in [2.75, 3.05) is 7.11 Å². The minimum atomic E-state index is -0.246. The summed E-state index contributed by atoms with van der Waals surface area (Å²) < 4.78 is 4.85. The van der Waals surface area contributed by atoms with Gasteiger partial charge >= 0.3 is 5.97 Å². The van der Waals surface area contributed by atoms with Crippen LogP contribution in [0.5, 0.6) is 0 Å². The number of carbonyl (C=O) groups is 1. The molecule has 98 valence electrons. The van der Waals surface area contributed by atoms with Crippen molar-refractivity contribution in [3.63, 3.8) is 0 Å². The quantitative estimate of drug-likeness (QED) is 0.609. The Morgan fingerprint density at radius 2 is 2.00 bits per heavy atom. The van der Waals surface area contributed by atoms with Gasteiger partial charge in [0.1, 0.15) is 0 Å². The van der Waals surface area contributed by atoms with Crippen LogP contribution in [0.1, 0.15) is 16.9 Å². The molecule has 0 aliphatic heterocycles. The second-order valence-electron chi connectivity index (χ2n) is 4.16. The molecule has 0 bridgehead atoms. The molecule has 0 radical (unpaired) electrons. The molecule has 0 saturated carbocycles. The van der Waals surface area contributed by atoms with Gasteiger partial charge in [-0.1, -0.05) is 36.4 Å². The van der Waals surface area contributed by atoms with Gasteiger partial charge in [0.2, 0.25) is 0 Å². The maximum atomic E-state index is 11.8. The number of benzene rings is 1. The van der Waals surface area contributed by atoms with Crippen molar-refractivity contribution in [2.45, 2.75) is 12.8 Å². The van der Waals surface area contributed by atoms with E-state index in [2.05, 4.69) is 12.1 Å². The third-order valence-electron chi connectivity index (χ3n) is 2.83.